The molecule has 5 unspecified atom stereocenters. The summed E-state index contributed by atoms with van der Waals surface area (Å²) < 4.78 is 13.4. The summed E-state index contributed by atoms with van der Waals surface area (Å²) in [6.07, 6.45) is 4.60. The summed E-state index contributed by atoms with van der Waals surface area (Å²) in [5.41, 5.74) is 8.32. The summed E-state index contributed by atoms with van der Waals surface area (Å²) in [4.78, 5) is 26.1. The molecule has 3 aromatic rings. The number of amides is 2. The Balaban J connectivity index is 1.13. The fourth-order valence-corrected chi connectivity index (χ4v) is 8.53. The van der Waals surface area contributed by atoms with Gasteiger partial charge in [0.25, 0.3) is 0 Å². The highest BCUT2D eigenvalue weighted by Crippen LogP contribution is 2.53. The van der Waals surface area contributed by atoms with Crippen LogP contribution in [0.5, 0.6) is 0 Å². The van der Waals surface area contributed by atoms with Crippen molar-refractivity contribution in [3.05, 3.63) is 95.1 Å². The van der Waals surface area contributed by atoms with Crippen LogP contribution < -0.4 is 10.8 Å². The number of hydroxylamine groups is 1. The number of hydrogen-bond donors (Lipinski definition) is 4. The molecule has 9 nitrogen and oxygen atoms in total. The average Bonchev–Trinajstić information content (AvgIpc) is 3.34. The van der Waals surface area contributed by atoms with Gasteiger partial charge >= 0.3 is 0 Å². The molecular weight excluding hydrogens is 618 g/mol. The summed E-state index contributed by atoms with van der Waals surface area (Å²) in [6.45, 7) is 9.69. The van der Waals surface area contributed by atoms with Crippen LogP contribution in [0, 0.1) is 10.8 Å². The normalized spacial score (nSPS) is 26.3. The van der Waals surface area contributed by atoms with Gasteiger partial charge in [0.1, 0.15) is 0 Å². The van der Waals surface area contributed by atoms with E-state index in [1.54, 1.807) is 5.48 Å². The molecule has 0 radical (unpaired) electrons. The van der Waals surface area contributed by atoms with E-state index in [1.165, 1.54) is 19.3 Å². The lowest BCUT2D eigenvalue weighted by Gasteiger charge is -2.41. The molecule has 262 valence electrons. The third-order valence-electron chi connectivity index (χ3n) is 10.4. The van der Waals surface area contributed by atoms with E-state index in [0.717, 1.165) is 52.9 Å². The highest BCUT2D eigenvalue weighted by atomic mass is 16.7. The van der Waals surface area contributed by atoms with Crippen molar-refractivity contribution in [1.29, 1.82) is 0 Å². The zero-order valence-electron chi connectivity index (χ0n) is 29.0. The number of carbonyl (C=O) groups is 2. The smallest absolute Gasteiger partial charge is 0.243 e. The van der Waals surface area contributed by atoms with Crippen LogP contribution in [-0.4, -0.2) is 52.3 Å². The highest BCUT2D eigenvalue weighted by molar-refractivity contribution is 5.78. The second-order valence-electron chi connectivity index (χ2n) is 15.5. The number of fused-ring (bicyclic) bond motifs is 2. The number of benzene rings is 3. The lowest BCUT2D eigenvalue weighted by Crippen LogP contribution is -2.42. The van der Waals surface area contributed by atoms with E-state index in [-0.39, 0.29) is 37.6 Å². The van der Waals surface area contributed by atoms with Gasteiger partial charge in [-0.2, -0.15) is 0 Å². The van der Waals surface area contributed by atoms with Gasteiger partial charge in [-0.15, -0.1) is 0 Å². The minimum Gasteiger partial charge on any atom is -0.392 e. The first-order valence-electron chi connectivity index (χ1n) is 17.6. The molecule has 3 fully saturated rings. The van der Waals surface area contributed by atoms with Crippen molar-refractivity contribution in [2.45, 2.75) is 103 Å². The van der Waals surface area contributed by atoms with Crippen LogP contribution >= 0.6 is 0 Å². The zero-order valence-corrected chi connectivity index (χ0v) is 29.0. The van der Waals surface area contributed by atoms with Gasteiger partial charge in [-0.3, -0.25) is 19.7 Å². The molecule has 9 heteroatoms. The maximum absolute atomic E-state index is 12.2. The Morgan fingerprint density at radius 2 is 1.61 bits per heavy atom. The predicted molar refractivity (Wildman–Crippen MR) is 187 cm³/mol. The number of nitrogens with one attached hydrogen (secondary N) is 2. The van der Waals surface area contributed by atoms with E-state index < -0.39 is 12.2 Å². The molecule has 6 rings (SSSR count). The minimum absolute atomic E-state index is 0.0168. The summed E-state index contributed by atoms with van der Waals surface area (Å²) in [7, 11) is 0. The predicted octanol–water partition coefficient (Wildman–Crippen LogP) is 6.58. The first-order chi connectivity index (χ1) is 23.5. The standard InChI is InChI=1S/C40H51N3O6/c1-39(2)20-33-21-40(3,25-39)26-43(33)23-34-19-35(30-12-10-27(24-44)11-13-30)49-38(48-34)31-16-14-29(15-17-31)32-7-4-6-28(18-32)22-41-36(45)8-5-9-37(46)42-47/h4,6-7,10-18,33-35,38,44,47H,5,8-9,19-26H2,1-3H3,(H,41,45)(H,42,46). The molecule has 4 N–H and O–H groups in total. The van der Waals surface area contributed by atoms with Gasteiger partial charge in [-0.05, 0) is 70.4 Å². The van der Waals surface area contributed by atoms with Gasteiger partial charge in [0.2, 0.25) is 11.8 Å². The van der Waals surface area contributed by atoms with Gasteiger partial charge in [0.15, 0.2) is 6.29 Å². The Labute approximate surface area is 290 Å². The molecule has 2 amide bonds. The van der Waals surface area contributed by atoms with Gasteiger partial charge in [-0.1, -0.05) is 87.5 Å². The first kappa shape index (κ1) is 35.2. The van der Waals surface area contributed by atoms with Crippen LogP contribution in [0.15, 0.2) is 72.8 Å². The van der Waals surface area contributed by atoms with Crippen molar-refractivity contribution in [3.8, 4) is 11.1 Å². The Hall–Kier alpha value is -3.60. The number of rotatable bonds is 12. The molecular formula is C40H51N3O6. The Kier molecular flexibility index (Phi) is 10.9. The van der Waals surface area contributed by atoms with E-state index in [4.69, 9.17) is 14.7 Å². The molecule has 0 spiro atoms. The van der Waals surface area contributed by atoms with Crippen molar-refractivity contribution >= 4 is 11.8 Å². The van der Waals surface area contributed by atoms with Crippen molar-refractivity contribution < 1.29 is 29.4 Å². The maximum Gasteiger partial charge on any atom is 0.243 e. The van der Waals surface area contributed by atoms with Crippen LogP contribution in [-0.2, 0) is 32.2 Å². The van der Waals surface area contributed by atoms with Crippen LogP contribution in [0.4, 0.5) is 0 Å². The van der Waals surface area contributed by atoms with E-state index in [0.29, 0.717) is 29.8 Å². The average molecular weight is 670 g/mol. The quantitative estimate of drug-likeness (QED) is 0.127. The third-order valence-corrected chi connectivity index (χ3v) is 10.4. The van der Waals surface area contributed by atoms with Crippen LogP contribution in [0.1, 0.15) is 100 Å². The third kappa shape index (κ3) is 8.96. The molecule has 2 saturated heterocycles. The molecule has 1 aliphatic carbocycles. The highest BCUT2D eigenvalue weighted by Gasteiger charge is 2.50. The minimum atomic E-state index is -0.505. The lowest BCUT2D eigenvalue weighted by molar-refractivity contribution is -0.253. The molecule has 2 heterocycles. The SMILES string of the molecule is CC1(C)CC2CC(C)(CN2CC2CC(c3ccc(CO)cc3)OC(c3ccc(-c4cccc(CNC(=O)CCCC(=O)NO)c4)cc3)O2)C1. The van der Waals surface area contributed by atoms with Gasteiger partial charge in [-0.25, -0.2) is 5.48 Å². The van der Waals surface area contributed by atoms with Crippen molar-refractivity contribution in [3.63, 3.8) is 0 Å². The van der Waals surface area contributed by atoms with Crippen LogP contribution in [0.2, 0.25) is 0 Å². The maximum atomic E-state index is 12.2. The van der Waals surface area contributed by atoms with E-state index >= 15 is 0 Å². The largest absolute Gasteiger partial charge is 0.392 e. The number of aliphatic hydroxyl groups is 1. The summed E-state index contributed by atoms with van der Waals surface area (Å²) in [5, 5.41) is 21.1. The van der Waals surface area contributed by atoms with Gasteiger partial charge < -0.3 is 19.9 Å². The Bertz CT molecular complexity index is 1590. The zero-order chi connectivity index (χ0) is 34.6. The number of ether oxygens (including phenoxy) is 2. The fraction of sp³-hybridized carbons (Fsp3) is 0.500. The monoisotopic (exact) mass is 669 g/mol. The number of aliphatic hydroxyl groups excluding tert-OH is 1. The molecule has 2 bridgehead atoms. The molecule has 0 aromatic heterocycles. The fourth-order valence-electron chi connectivity index (χ4n) is 8.53. The molecule has 49 heavy (non-hydrogen) atoms. The van der Waals surface area contributed by atoms with Gasteiger partial charge in [0.05, 0.1) is 18.8 Å². The molecule has 1 saturated carbocycles. The van der Waals surface area contributed by atoms with Crippen molar-refractivity contribution in [2.24, 2.45) is 10.8 Å². The van der Waals surface area contributed by atoms with Crippen LogP contribution in [0.25, 0.3) is 11.1 Å². The van der Waals surface area contributed by atoms with E-state index in [1.807, 2.05) is 24.3 Å². The summed E-state index contributed by atoms with van der Waals surface area (Å²) in [6, 6.07) is 25.1. The summed E-state index contributed by atoms with van der Waals surface area (Å²) >= 11 is 0. The first-order valence-corrected chi connectivity index (χ1v) is 17.6. The molecule has 2 aliphatic heterocycles. The van der Waals surface area contributed by atoms with E-state index in [9.17, 15) is 14.7 Å². The number of carbonyl (C=O) groups excluding carboxylic acids is 2. The van der Waals surface area contributed by atoms with E-state index in [2.05, 4.69) is 79.5 Å². The number of nitrogens with zero attached hydrogens (tertiary/aromatic N) is 1. The molecule has 5 atom stereocenters. The van der Waals surface area contributed by atoms with Crippen molar-refractivity contribution in [1.82, 2.24) is 15.7 Å². The Morgan fingerprint density at radius 3 is 2.35 bits per heavy atom. The summed E-state index contributed by atoms with van der Waals surface area (Å²) in [5.74, 6) is -0.635. The van der Waals surface area contributed by atoms with Crippen LogP contribution in [0.3, 0.4) is 0 Å². The van der Waals surface area contributed by atoms with Gasteiger partial charge in [0, 0.05) is 50.5 Å². The Morgan fingerprint density at radius 1 is 0.878 bits per heavy atom. The molecule has 3 aliphatic rings. The second-order valence-corrected chi connectivity index (χ2v) is 15.5. The number of hydrogen-bond acceptors (Lipinski definition) is 7. The number of likely N-dealkylation sites (tertiary alicyclic amines) is 1. The topological polar surface area (TPSA) is 120 Å². The second kappa shape index (κ2) is 15.1. The van der Waals surface area contributed by atoms with Crippen molar-refractivity contribution in [2.75, 3.05) is 13.1 Å². The lowest BCUT2D eigenvalue weighted by atomic mass is 9.65. The molecule has 3 aromatic carbocycles.